The molecule has 0 aliphatic carbocycles. The van der Waals surface area contributed by atoms with E-state index in [0.717, 1.165) is 0 Å². The molecule has 0 fully saturated rings. The predicted octanol–water partition coefficient (Wildman–Crippen LogP) is 1.58. The first-order valence-electron chi connectivity index (χ1n) is 8.29. The minimum absolute atomic E-state index is 0.00109. The number of amides is 2. The summed E-state index contributed by atoms with van der Waals surface area (Å²) in [6.45, 7) is 6.61. The fourth-order valence-electron chi connectivity index (χ4n) is 2.05. The highest BCUT2D eigenvalue weighted by Gasteiger charge is 2.33. The van der Waals surface area contributed by atoms with E-state index in [0.29, 0.717) is 5.75 Å². The third kappa shape index (κ3) is 5.65. The minimum Gasteiger partial charge on any atom is -0.493 e. The molecule has 1 atom stereocenters. The maximum absolute atomic E-state index is 12.4. The van der Waals surface area contributed by atoms with Gasteiger partial charge >= 0.3 is 5.97 Å². The van der Waals surface area contributed by atoms with Gasteiger partial charge in [-0.1, -0.05) is 6.92 Å². The summed E-state index contributed by atoms with van der Waals surface area (Å²) in [6, 6.07) is 4.41. The third-order valence-corrected chi connectivity index (χ3v) is 3.80. The monoisotopic (exact) mass is 366 g/mol. The number of carbonyl (C=O) groups is 3. The van der Waals surface area contributed by atoms with Gasteiger partial charge < -0.3 is 25.2 Å². The first kappa shape index (κ1) is 21.3. The van der Waals surface area contributed by atoms with Crippen LogP contribution in [0.2, 0.25) is 0 Å². The molecule has 0 spiro atoms. The molecule has 0 aromatic heterocycles. The second-order valence-electron chi connectivity index (χ2n) is 6.32. The molecule has 8 heteroatoms. The molecular formula is C18H26N2O6. The maximum atomic E-state index is 12.4. The van der Waals surface area contributed by atoms with Crippen LogP contribution in [0, 0.1) is 0 Å². The molecular weight excluding hydrogens is 340 g/mol. The lowest BCUT2D eigenvalue weighted by Gasteiger charge is -2.24. The first-order valence-corrected chi connectivity index (χ1v) is 8.29. The number of hydrogen-bond donors (Lipinski definition) is 3. The van der Waals surface area contributed by atoms with Gasteiger partial charge in [-0.2, -0.15) is 0 Å². The summed E-state index contributed by atoms with van der Waals surface area (Å²) in [5.74, 6) is -1.36. The average molecular weight is 366 g/mol. The van der Waals surface area contributed by atoms with Crippen LogP contribution in [0.3, 0.4) is 0 Å². The summed E-state index contributed by atoms with van der Waals surface area (Å²) >= 11 is 0. The molecule has 3 N–H and O–H groups in total. The largest absolute Gasteiger partial charge is 0.493 e. The van der Waals surface area contributed by atoms with E-state index >= 15 is 0 Å². The van der Waals surface area contributed by atoms with Crippen LogP contribution in [0.5, 0.6) is 11.5 Å². The van der Waals surface area contributed by atoms with E-state index in [2.05, 4.69) is 10.6 Å². The molecule has 1 unspecified atom stereocenters. The van der Waals surface area contributed by atoms with Gasteiger partial charge in [-0.05, 0) is 45.4 Å². The number of rotatable bonds is 9. The maximum Gasteiger partial charge on any atom is 0.329 e. The first-order chi connectivity index (χ1) is 12.1. The van der Waals surface area contributed by atoms with Gasteiger partial charge in [0.05, 0.1) is 7.11 Å². The van der Waals surface area contributed by atoms with Gasteiger partial charge in [-0.3, -0.25) is 9.59 Å². The highest BCUT2D eigenvalue weighted by Crippen LogP contribution is 2.28. The topological polar surface area (TPSA) is 114 Å². The second kappa shape index (κ2) is 9.07. The normalized spacial score (nSPS) is 12.8. The van der Waals surface area contributed by atoms with E-state index < -0.39 is 17.4 Å². The molecule has 0 heterocycles. The number of ether oxygens (including phenoxy) is 2. The summed E-state index contributed by atoms with van der Waals surface area (Å²) < 4.78 is 10.6. The number of carbonyl (C=O) groups excluding carboxylic acids is 2. The summed E-state index contributed by atoms with van der Waals surface area (Å²) in [6.07, 6.45) is 0.233. The van der Waals surface area contributed by atoms with Crippen LogP contribution in [0.15, 0.2) is 18.2 Å². The molecule has 0 radical (unpaired) electrons. The molecule has 0 saturated carbocycles. The Bertz CT molecular complexity index is 674. The van der Waals surface area contributed by atoms with Crippen molar-refractivity contribution in [2.45, 2.75) is 45.7 Å². The number of aliphatic carboxylic acids is 1. The van der Waals surface area contributed by atoms with Crippen molar-refractivity contribution in [1.82, 2.24) is 10.6 Å². The molecule has 2 amide bonds. The molecule has 0 bridgehead atoms. The number of carboxylic acids is 1. The second-order valence-corrected chi connectivity index (χ2v) is 6.32. The molecule has 0 aliphatic rings. The lowest BCUT2D eigenvalue weighted by atomic mass is 9.98. The van der Waals surface area contributed by atoms with E-state index in [1.165, 1.54) is 32.2 Å². The van der Waals surface area contributed by atoms with Crippen molar-refractivity contribution in [3.8, 4) is 11.5 Å². The Morgan fingerprint density at radius 2 is 1.88 bits per heavy atom. The van der Waals surface area contributed by atoms with Gasteiger partial charge in [0.2, 0.25) is 0 Å². The number of hydrogen-bond acceptors (Lipinski definition) is 5. The lowest BCUT2D eigenvalue weighted by Crippen LogP contribution is -2.51. The summed E-state index contributed by atoms with van der Waals surface area (Å²) in [4.78, 5) is 35.3. The highest BCUT2D eigenvalue weighted by molar-refractivity contribution is 5.98. The number of carboxylic acid groups (broad SMARTS) is 1. The average Bonchev–Trinajstić information content (AvgIpc) is 2.58. The van der Waals surface area contributed by atoms with Gasteiger partial charge in [-0.25, -0.2) is 4.79 Å². The van der Waals surface area contributed by atoms with Crippen LogP contribution in [-0.2, 0) is 9.59 Å². The Hall–Kier alpha value is -2.77. The number of benzene rings is 1. The molecule has 0 saturated heterocycles. The van der Waals surface area contributed by atoms with Gasteiger partial charge in [0, 0.05) is 11.6 Å². The zero-order valence-electron chi connectivity index (χ0n) is 15.7. The Labute approximate surface area is 152 Å². The summed E-state index contributed by atoms with van der Waals surface area (Å²) in [7, 11) is 1.41. The Morgan fingerprint density at radius 1 is 1.23 bits per heavy atom. The number of nitrogens with one attached hydrogen (secondary N) is 2. The van der Waals surface area contributed by atoms with Crippen LogP contribution in [0.1, 0.15) is 44.5 Å². The van der Waals surface area contributed by atoms with Crippen molar-refractivity contribution in [2.75, 3.05) is 13.7 Å². The Kier molecular flexibility index (Phi) is 7.42. The molecule has 8 nitrogen and oxygen atoms in total. The van der Waals surface area contributed by atoms with E-state index in [1.807, 2.05) is 13.8 Å². The summed E-state index contributed by atoms with van der Waals surface area (Å²) in [5, 5.41) is 14.5. The quantitative estimate of drug-likeness (QED) is 0.611. The lowest BCUT2D eigenvalue weighted by molar-refractivity contribution is -0.143. The zero-order valence-corrected chi connectivity index (χ0v) is 15.7. The molecule has 1 aromatic rings. The zero-order chi connectivity index (χ0) is 19.9. The van der Waals surface area contributed by atoms with Crippen LogP contribution in [-0.4, -0.2) is 48.2 Å². The van der Waals surface area contributed by atoms with Crippen molar-refractivity contribution in [3.05, 3.63) is 23.8 Å². The van der Waals surface area contributed by atoms with E-state index in [4.69, 9.17) is 9.47 Å². The minimum atomic E-state index is -1.37. The van der Waals surface area contributed by atoms with E-state index in [9.17, 15) is 19.5 Å². The van der Waals surface area contributed by atoms with Gasteiger partial charge in [0.15, 0.2) is 18.1 Å². The number of methoxy groups -OCH3 is 1. The van der Waals surface area contributed by atoms with Crippen molar-refractivity contribution in [3.63, 3.8) is 0 Å². The predicted molar refractivity (Wildman–Crippen MR) is 95.6 cm³/mol. The molecule has 144 valence electrons. The van der Waals surface area contributed by atoms with Gasteiger partial charge in [-0.15, -0.1) is 0 Å². The van der Waals surface area contributed by atoms with Crippen LogP contribution in [0.25, 0.3) is 0 Å². The van der Waals surface area contributed by atoms with Gasteiger partial charge in [0.25, 0.3) is 11.8 Å². The molecule has 26 heavy (non-hydrogen) atoms. The van der Waals surface area contributed by atoms with Crippen molar-refractivity contribution >= 4 is 17.8 Å². The van der Waals surface area contributed by atoms with Crippen LogP contribution < -0.4 is 20.1 Å². The standard InChI is InChI=1S/C18H26N2O6/c1-6-18(4,17(23)24)20-16(22)12-7-8-13(14(9-12)25-5)26-10-15(21)19-11(2)3/h7-9,11H,6,10H2,1-5H3,(H,19,21)(H,20,22)(H,23,24). The smallest absolute Gasteiger partial charge is 0.329 e. The molecule has 1 rings (SSSR count). The third-order valence-electron chi connectivity index (χ3n) is 3.80. The SMILES string of the molecule is CCC(C)(NC(=O)c1ccc(OCC(=O)NC(C)C)c(OC)c1)C(=O)O. The van der Waals surface area contributed by atoms with Crippen molar-refractivity contribution in [2.24, 2.45) is 0 Å². The van der Waals surface area contributed by atoms with Crippen LogP contribution >= 0.6 is 0 Å². The Morgan fingerprint density at radius 3 is 2.38 bits per heavy atom. The van der Waals surface area contributed by atoms with Crippen molar-refractivity contribution < 1.29 is 29.0 Å². The highest BCUT2D eigenvalue weighted by atomic mass is 16.5. The van der Waals surface area contributed by atoms with E-state index in [-0.39, 0.29) is 36.3 Å². The molecule has 0 aliphatic heterocycles. The fraction of sp³-hybridized carbons (Fsp3) is 0.500. The van der Waals surface area contributed by atoms with Crippen LogP contribution in [0.4, 0.5) is 0 Å². The summed E-state index contributed by atoms with van der Waals surface area (Å²) in [5.41, 5.74) is -1.14. The Balaban J connectivity index is 2.89. The fourth-order valence-corrected chi connectivity index (χ4v) is 2.05. The van der Waals surface area contributed by atoms with Crippen molar-refractivity contribution in [1.29, 1.82) is 0 Å². The van der Waals surface area contributed by atoms with Gasteiger partial charge in [0.1, 0.15) is 5.54 Å². The molecule has 1 aromatic carbocycles. The van der Waals surface area contributed by atoms with E-state index in [1.54, 1.807) is 6.92 Å².